The molecule has 2 fully saturated rings. The molecule has 27 heavy (non-hydrogen) atoms. The van der Waals surface area contributed by atoms with Crippen molar-refractivity contribution in [2.45, 2.75) is 31.5 Å². The Bertz CT molecular complexity index is 743. The maximum Gasteiger partial charge on any atom is 0.229 e. The van der Waals surface area contributed by atoms with E-state index < -0.39 is 0 Å². The van der Waals surface area contributed by atoms with Crippen LogP contribution in [0.3, 0.4) is 0 Å². The van der Waals surface area contributed by atoms with Gasteiger partial charge in [-0.25, -0.2) is 10.9 Å². The second-order valence-corrected chi connectivity index (χ2v) is 7.50. The summed E-state index contributed by atoms with van der Waals surface area (Å²) in [4.78, 5) is 17.3. The molecule has 5 nitrogen and oxygen atoms in total. The van der Waals surface area contributed by atoms with E-state index in [9.17, 15) is 4.79 Å². The number of carbonyl (C=O) groups is 1. The maximum absolute atomic E-state index is 12.8. The fourth-order valence-electron chi connectivity index (χ4n) is 4.10. The van der Waals surface area contributed by atoms with Gasteiger partial charge in [-0.2, -0.15) is 0 Å². The first-order valence-electron chi connectivity index (χ1n) is 9.86. The molecule has 0 saturated carbocycles. The van der Waals surface area contributed by atoms with Crippen molar-refractivity contribution in [3.8, 4) is 0 Å². The second kappa shape index (κ2) is 8.21. The first-order chi connectivity index (χ1) is 13.2. The molecule has 142 valence electrons. The average Bonchev–Trinajstić information content (AvgIpc) is 3.24. The van der Waals surface area contributed by atoms with Crippen LogP contribution in [0.4, 0.5) is 0 Å². The van der Waals surface area contributed by atoms with Crippen molar-refractivity contribution < 1.29 is 4.79 Å². The lowest BCUT2D eigenvalue weighted by atomic mass is 9.99. The minimum atomic E-state index is -0.0773. The van der Waals surface area contributed by atoms with E-state index in [1.807, 2.05) is 42.2 Å². The fourth-order valence-corrected chi connectivity index (χ4v) is 4.10. The van der Waals surface area contributed by atoms with Crippen molar-refractivity contribution in [3.63, 3.8) is 0 Å². The molecular weight excluding hydrogens is 336 g/mol. The zero-order chi connectivity index (χ0) is 18.6. The zero-order valence-corrected chi connectivity index (χ0v) is 15.8. The number of benzene rings is 2. The molecule has 0 radical (unpaired) electrons. The molecule has 3 atom stereocenters. The van der Waals surface area contributed by atoms with E-state index in [0.29, 0.717) is 12.2 Å². The quantitative estimate of drug-likeness (QED) is 0.875. The van der Waals surface area contributed by atoms with E-state index in [0.717, 1.165) is 38.2 Å². The van der Waals surface area contributed by atoms with Crippen LogP contribution >= 0.6 is 0 Å². The predicted molar refractivity (Wildman–Crippen MR) is 107 cm³/mol. The normalized spacial score (nSPS) is 24.7. The molecule has 2 aromatic carbocycles. The largest absolute Gasteiger partial charge is 0.340 e. The van der Waals surface area contributed by atoms with Gasteiger partial charge >= 0.3 is 0 Å². The summed E-state index contributed by atoms with van der Waals surface area (Å²) in [7, 11) is 0. The first-order valence-corrected chi connectivity index (χ1v) is 9.86. The summed E-state index contributed by atoms with van der Waals surface area (Å²) in [6, 6.07) is 21.0. The molecule has 1 amide bonds. The monoisotopic (exact) mass is 364 g/mol. The Morgan fingerprint density at radius 1 is 0.926 bits per heavy atom. The summed E-state index contributed by atoms with van der Waals surface area (Å²) in [6.07, 6.45) is 1.36. The molecule has 2 N–H and O–H groups in total. The molecule has 2 heterocycles. The summed E-state index contributed by atoms with van der Waals surface area (Å²) in [5.74, 6) is 0.159. The summed E-state index contributed by atoms with van der Waals surface area (Å²) in [5, 5.41) is 0. The highest BCUT2D eigenvalue weighted by molar-refractivity contribution is 5.83. The summed E-state index contributed by atoms with van der Waals surface area (Å²) >= 11 is 0. The Balaban J connectivity index is 1.30. The van der Waals surface area contributed by atoms with Gasteiger partial charge in [0, 0.05) is 32.2 Å². The standard InChI is InChI=1S/C22H28N4O/c1-17(18-8-4-2-5-9-18)22(27)26-14-12-25(13-15-26)21-16-20(23-24-21)19-10-6-3-7-11-19/h2-11,17,20-21,23-24H,12-16H2,1H3. The SMILES string of the molecule is CC(C(=O)N1CCN(C2CC(c3ccccc3)NN2)CC1)c1ccccc1. The van der Waals surface area contributed by atoms with Crippen molar-refractivity contribution in [3.05, 3.63) is 71.8 Å². The van der Waals surface area contributed by atoms with Crippen LogP contribution in [0.25, 0.3) is 0 Å². The van der Waals surface area contributed by atoms with E-state index in [2.05, 4.69) is 46.1 Å². The summed E-state index contributed by atoms with van der Waals surface area (Å²) in [6.45, 7) is 5.42. The van der Waals surface area contributed by atoms with E-state index in [4.69, 9.17) is 0 Å². The fraction of sp³-hybridized carbons (Fsp3) is 0.409. The molecule has 2 aliphatic heterocycles. The lowest BCUT2D eigenvalue weighted by Crippen LogP contribution is -2.55. The van der Waals surface area contributed by atoms with Gasteiger partial charge in [-0.15, -0.1) is 0 Å². The molecule has 3 unspecified atom stereocenters. The molecule has 5 heteroatoms. The number of rotatable bonds is 4. The Morgan fingerprint density at radius 2 is 1.56 bits per heavy atom. The van der Waals surface area contributed by atoms with Crippen molar-refractivity contribution in [1.82, 2.24) is 20.7 Å². The van der Waals surface area contributed by atoms with Gasteiger partial charge in [-0.05, 0) is 24.5 Å². The van der Waals surface area contributed by atoms with Crippen LogP contribution in [0.15, 0.2) is 60.7 Å². The Kier molecular flexibility index (Phi) is 5.53. The van der Waals surface area contributed by atoms with Gasteiger partial charge in [0.15, 0.2) is 0 Å². The van der Waals surface area contributed by atoms with Gasteiger partial charge in [0.1, 0.15) is 0 Å². The highest BCUT2D eigenvalue weighted by Gasteiger charge is 2.33. The highest BCUT2D eigenvalue weighted by Crippen LogP contribution is 2.25. The van der Waals surface area contributed by atoms with Gasteiger partial charge in [0.05, 0.1) is 12.1 Å². The summed E-state index contributed by atoms with van der Waals surface area (Å²) in [5.41, 5.74) is 9.27. The lowest BCUT2D eigenvalue weighted by Gasteiger charge is -2.38. The van der Waals surface area contributed by atoms with Crippen molar-refractivity contribution >= 4 is 5.91 Å². The second-order valence-electron chi connectivity index (χ2n) is 7.50. The van der Waals surface area contributed by atoms with Crippen LogP contribution in [0, 0.1) is 0 Å². The number of amides is 1. The molecule has 2 saturated heterocycles. The van der Waals surface area contributed by atoms with E-state index in [1.54, 1.807) is 0 Å². The first kappa shape index (κ1) is 18.2. The van der Waals surface area contributed by atoms with E-state index >= 15 is 0 Å². The number of carbonyl (C=O) groups excluding carboxylic acids is 1. The molecule has 4 rings (SSSR count). The van der Waals surface area contributed by atoms with Gasteiger partial charge in [-0.3, -0.25) is 9.69 Å². The minimum Gasteiger partial charge on any atom is -0.340 e. The Morgan fingerprint density at radius 3 is 2.22 bits per heavy atom. The Labute approximate surface area is 161 Å². The topological polar surface area (TPSA) is 47.6 Å². The average molecular weight is 364 g/mol. The smallest absolute Gasteiger partial charge is 0.229 e. The van der Waals surface area contributed by atoms with Crippen LogP contribution < -0.4 is 10.9 Å². The molecule has 2 aliphatic rings. The van der Waals surface area contributed by atoms with Crippen LogP contribution in [0.5, 0.6) is 0 Å². The van der Waals surface area contributed by atoms with Gasteiger partial charge in [0.25, 0.3) is 0 Å². The molecular formula is C22H28N4O. The third-order valence-electron chi connectivity index (χ3n) is 5.82. The van der Waals surface area contributed by atoms with Crippen molar-refractivity contribution in [1.29, 1.82) is 0 Å². The molecule has 0 aromatic heterocycles. The van der Waals surface area contributed by atoms with Crippen molar-refractivity contribution in [2.75, 3.05) is 26.2 Å². The van der Waals surface area contributed by atoms with Crippen LogP contribution in [0.2, 0.25) is 0 Å². The number of nitrogens with zero attached hydrogens (tertiary/aromatic N) is 2. The third-order valence-corrected chi connectivity index (χ3v) is 5.82. The van der Waals surface area contributed by atoms with Gasteiger partial charge in [-0.1, -0.05) is 60.7 Å². The predicted octanol–water partition coefficient (Wildman–Crippen LogP) is 2.50. The molecule has 0 aliphatic carbocycles. The third kappa shape index (κ3) is 4.05. The summed E-state index contributed by atoms with van der Waals surface area (Å²) < 4.78 is 0. The van der Waals surface area contributed by atoms with Crippen LogP contribution in [-0.4, -0.2) is 48.1 Å². The molecule has 0 bridgehead atoms. The maximum atomic E-state index is 12.8. The Hall–Kier alpha value is -2.21. The van der Waals surface area contributed by atoms with E-state index in [-0.39, 0.29) is 11.8 Å². The van der Waals surface area contributed by atoms with E-state index in [1.165, 1.54) is 5.56 Å². The van der Waals surface area contributed by atoms with Gasteiger partial charge in [0.2, 0.25) is 5.91 Å². The number of hydrazine groups is 1. The number of piperazine rings is 1. The van der Waals surface area contributed by atoms with Gasteiger partial charge < -0.3 is 4.90 Å². The minimum absolute atomic E-state index is 0.0773. The van der Waals surface area contributed by atoms with Crippen LogP contribution in [-0.2, 0) is 4.79 Å². The number of hydrogen-bond donors (Lipinski definition) is 2. The van der Waals surface area contributed by atoms with Crippen LogP contribution in [0.1, 0.15) is 36.4 Å². The zero-order valence-electron chi connectivity index (χ0n) is 15.8. The lowest BCUT2D eigenvalue weighted by molar-refractivity contribution is -0.134. The van der Waals surface area contributed by atoms with Crippen molar-refractivity contribution in [2.24, 2.45) is 0 Å². The molecule has 2 aromatic rings. The highest BCUT2D eigenvalue weighted by atomic mass is 16.2. The molecule has 0 spiro atoms. The number of hydrogen-bond acceptors (Lipinski definition) is 4. The number of nitrogens with one attached hydrogen (secondary N) is 2.